The Kier molecular flexibility index (Phi) is 4.12. The maximum Gasteiger partial charge on any atom is 0.329 e. The van der Waals surface area contributed by atoms with E-state index in [9.17, 15) is 14.7 Å². The number of rotatable bonds is 4. The molecule has 0 saturated carbocycles. The zero-order chi connectivity index (χ0) is 14.8. The summed E-state index contributed by atoms with van der Waals surface area (Å²) in [4.78, 5) is 25.4. The van der Waals surface area contributed by atoms with Gasteiger partial charge in [0.25, 0.3) is 5.91 Å². The van der Waals surface area contributed by atoms with Crippen molar-refractivity contribution in [3.8, 4) is 0 Å². The third-order valence-electron chi connectivity index (χ3n) is 4.09. The van der Waals surface area contributed by atoms with Crippen molar-refractivity contribution in [3.05, 3.63) is 35.4 Å². The van der Waals surface area contributed by atoms with Crippen LogP contribution in [0.25, 0.3) is 0 Å². The second kappa shape index (κ2) is 5.65. The fraction of sp³-hybridized carbons (Fsp3) is 0.500. The Balaban J connectivity index is 2.20. The van der Waals surface area contributed by atoms with Gasteiger partial charge >= 0.3 is 5.97 Å². The van der Waals surface area contributed by atoms with Crippen LogP contribution in [0.2, 0.25) is 0 Å². The van der Waals surface area contributed by atoms with E-state index in [2.05, 4.69) is 6.92 Å². The molecule has 20 heavy (non-hydrogen) atoms. The van der Waals surface area contributed by atoms with Crippen LogP contribution in [0.1, 0.15) is 49.0 Å². The van der Waals surface area contributed by atoms with Crippen LogP contribution in [0.5, 0.6) is 0 Å². The first kappa shape index (κ1) is 14.6. The minimum absolute atomic E-state index is 0.185. The Morgan fingerprint density at radius 1 is 1.30 bits per heavy atom. The number of aryl methyl sites for hydroxylation is 1. The Hall–Kier alpha value is -1.84. The SMILES string of the molecule is CCCc1ccc(C(=O)N2CCCC2(C)C(=O)O)cc1. The summed E-state index contributed by atoms with van der Waals surface area (Å²) in [5.74, 6) is -1.11. The van der Waals surface area contributed by atoms with E-state index in [1.54, 1.807) is 19.1 Å². The number of carboxylic acids is 1. The first-order valence-corrected chi connectivity index (χ1v) is 7.13. The third-order valence-corrected chi connectivity index (χ3v) is 4.09. The molecule has 1 aliphatic heterocycles. The maximum atomic E-state index is 12.5. The molecule has 1 amide bonds. The number of hydrogen-bond acceptors (Lipinski definition) is 2. The largest absolute Gasteiger partial charge is 0.480 e. The van der Waals surface area contributed by atoms with Gasteiger partial charge < -0.3 is 10.0 Å². The highest BCUT2D eigenvalue weighted by atomic mass is 16.4. The molecule has 1 aromatic rings. The summed E-state index contributed by atoms with van der Waals surface area (Å²) in [5.41, 5.74) is 0.699. The molecular formula is C16H21NO3. The van der Waals surface area contributed by atoms with Crippen molar-refractivity contribution in [1.82, 2.24) is 4.90 Å². The summed E-state index contributed by atoms with van der Waals surface area (Å²) in [6.07, 6.45) is 3.31. The lowest BCUT2D eigenvalue weighted by Crippen LogP contribution is -2.50. The lowest BCUT2D eigenvalue weighted by atomic mass is 9.98. The van der Waals surface area contributed by atoms with E-state index in [1.165, 1.54) is 10.5 Å². The van der Waals surface area contributed by atoms with Crippen LogP contribution >= 0.6 is 0 Å². The van der Waals surface area contributed by atoms with Crippen LogP contribution in [0.4, 0.5) is 0 Å². The quantitative estimate of drug-likeness (QED) is 0.919. The number of likely N-dealkylation sites (tertiary alicyclic amines) is 1. The van der Waals surface area contributed by atoms with Crippen LogP contribution in [0.15, 0.2) is 24.3 Å². The number of nitrogens with zero attached hydrogens (tertiary/aromatic N) is 1. The van der Waals surface area contributed by atoms with Gasteiger partial charge in [-0.2, -0.15) is 0 Å². The van der Waals surface area contributed by atoms with Crippen molar-refractivity contribution in [2.24, 2.45) is 0 Å². The van der Waals surface area contributed by atoms with E-state index in [1.807, 2.05) is 12.1 Å². The molecule has 2 rings (SSSR count). The number of carbonyl (C=O) groups is 2. The van der Waals surface area contributed by atoms with Gasteiger partial charge in [0.2, 0.25) is 0 Å². The molecule has 0 radical (unpaired) electrons. The Morgan fingerprint density at radius 3 is 2.50 bits per heavy atom. The number of carboxylic acid groups (broad SMARTS) is 1. The molecule has 1 fully saturated rings. The predicted molar refractivity (Wildman–Crippen MR) is 76.7 cm³/mol. The highest BCUT2D eigenvalue weighted by Gasteiger charge is 2.46. The van der Waals surface area contributed by atoms with E-state index in [0.29, 0.717) is 18.5 Å². The first-order valence-electron chi connectivity index (χ1n) is 7.13. The van der Waals surface area contributed by atoms with Gasteiger partial charge in [-0.1, -0.05) is 25.5 Å². The third kappa shape index (κ3) is 2.55. The van der Waals surface area contributed by atoms with Crippen LogP contribution in [-0.4, -0.2) is 34.0 Å². The topological polar surface area (TPSA) is 57.6 Å². The molecule has 1 saturated heterocycles. The van der Waals surface area contributed by atoms with Crippen molar-refractivity contribution in [3.63, 3.8) is 0 Å². The van der Waals surface area contributed by atoms with Crippen molar-refractivity contribution in [2.45, 2.75) is 45.1 Å². The van der Waals surface area contributed by atoms with Crippen molar-refractivity contribution < 1.29 is 14.7 Å². The van der Waals surface area contributed by atoms with Gasteiger partial charge in [-0.25, -0.2) is 4.79 Å². The van der Waals surface area contributed by atoms with Crippen molar-refractivity contribution in [1.29, 1.82) is 0 Å². The van der Waals surface area contributed by atoms with Crippen LogP contribution in [0, 0.1) is 0 Å². The van der Waals surface area contributed by atoms with Gasteiger partial charge in [0.15, 0.2) is 0 Å². The van der Waals surface area contributed by atoms with Crippen LogP contribution in [0.3, 0.4) is 0 Å². The number of aliphatic carboxylic acids is 1. The predicted octanol–water partition coefficient (Wildman–Crippen LogP) is 2.72. The number of carbonyl (C=O) groups excluding carboxylic acids is 1. The number of hydrogen-bond donors (Lipinski definition) is 1. The standard InChI is InChI=1S/C16H21NO3/c1-3-5-12-6-8-13(9-7-12)14(18)17-11-4-10-16(17,2)15(19)20/h6-9H,3-5,10-11H2,1-2H3,(H,19,20). The van der Waals surface area contributed by atoms with E-state index in [0.717, 1.165) is 19.3 Å². The summed E-state index contributed by atoms with van der Waals surface area (Å²) in [6.45, 7) is 4.26. The second-order valence-corrected chi connectivity index (χ2v) is 5.59. The van der Waals surface area contributed by atoms with E-state index >= 15 is 0 Å². The van der Waals surface area contributed by atoms with E-state index < -0.39 is 11.5 Å². The lowest BCUT2D eigenvalue weighted by molar-refractivity contribution is -0.147. The highest BCUT2D eigenvalue weighted by molar-refractivity contribution is 5.98. The zero-order valence-electron chi connectivity index (χ0n) is 12.1. The smallest absolute Gasteiger partial charge is 0.329 e. The monoisotopic (exact) mass is 275 g/mol. The second-order valence-electron chi connectivity index (χ2n) is 5.59. The molecule has 1 heterocycles. The van der Waals surface area contributed by atoms with Gasteiger partial charge in [-0.15, -0.1) is 0 Å². The molecule has 1 aliphatic rings. The molecule has 0 aliphatic carbocycles. The molecule has 0 bridgehead atoms. The van der Waals surface area contributed by atoms with Gasteiger partial charge in [-0.3, -0.25) is 4.79 Å². The minimum Gasteiger partial charge on any atom is -0.480 e. The molecule has 1 atom stereocenters. The van der Waals surface area contributed by atoms with Gasteiger partial charge in [-0.05, 0) is 43.9 Å². The van der Waals surface area contributed by atoms with Gasteiger partial charge in [0.05, 0.1) is 0 Å². The Bertz CT molecular complexity index is 509. The molecule has 4 heteroatoms. The molecule has 4 nitrogen and oxygen atoms in total. The molecule has 0 spiro atoms. The highest BCUT2D eigenvalue weighted by Crippen LogP contribution is 2.30. The average Bonchev–Trinajstić information content (AvgIpc) is 2.83. The Labute approximate surface area is 119 Å². The fourth-order valence-electron chi connectivity index (χ4n) is 2.77. The van der Waals surface area contributed by atoms with Crippen molar-refractivity contribution >= 4 is 11.9 Å². The summed E-state index contributed by atoms with van der Waals surface area (Å²) in [7, 11) is 0. The molecule has 0 aromatic heterocycles. The van der Waals surface area contributed by atoms with Crippen LogP contribution < -0.4 is 0 Å². The van der Waals surface area contributed by atoms with Crippen LogP contribution in [-0.2, 0) is 11.2 Å². The summed E-state index contributed by atoms with van der Waals surface area (Å²) >= 11 is 0. The summed E-state index contributed by atoms with van der Waals surface area (Å²) in [5, 5.41) is 9.36. The summed E-state index contributed by atoms with van der Waals surface area (Å²) in [6, 6.07) is 7.50. The fourth-order valence-corrected chi connectivity index (χ4v) is 2.77. The summed E-state index contributed by atoms with van der Waals surface area (Å²) < 4.78 is 0. The minimum atomic E-state index is -1.07. The molecule has 1 unspecified atom stereocenters. The van der Waals surface area contributed by atoms with Gasteiger partial charge in [0.1, 0.15) is 5.54 Å². The normalized spacial score (nSPS) is 22.0. The first-order chi connectivity index (χ1) is 9.49. The van der Waals surface area contributed by atoms with E-state index in [4.69, 9.17) is 0 Å². The lowest BCUT2D eigenvalue weighted by Gasteiger charge is -2.31. The van der Waals surface area contributed by atoms with E-state index in [-0.39, 0.29) is 5.91 Å². The van der Waals surface area contributed by atoms with Crippen molar-refractivity contribution in [2.75, 3.05) is 6.54 Å². The number of benzene rings is 1. The number of amides is 1. The van der Waals surface area contributed by atoms with Gasteiger partial charge in [0, 0.05) is 12.1 Å². The molecule has 1 aromatic carbocycles. The average molecular weight is 275 g/mol. The zero-order valence-corrected chi connectivity index (χ0v) is 12.1. The Morgan fingerprint density at radius 2 is 1.95 bits per heavy atom. The molecular weight excluding hydrogens is 254 g/mol. The molecule has 1 N–H and O–H groups in total. The molecule has 108 valence electrons. The maximum absolute atomic E-state index is 12.5.